The highest BCUT2D eigenvalue weighted by Crippen LogP contribution is 2.23. The predicted octanol–water partition coefficient (Wildman–Crippen LogP) is 4.58. The summed E-state index contributed by atoms with van der Waals surface area (Å²) in [6.07, 6.45) is 1.77. The van der Waals surface area contributed by atoms with Gasteiger partial charge in [-0.15, -0.1) is 11.6 Å². The molecule has 0 fully saturated rings. The van der Waals surface area contributed by atoms with E-state index >= 15 is 0 Å². The molecule has 2 rings (SSSR count). The summed E-state index contributed by atoms with van der Waals surface area (Å²) in [6.45, 7) is 0. The maximum Gasteiger partial charge on any atom is 0.259 e. The third-order valence-electron chi connectivity index (χ3n) is 2.99. The highest BCUT2D eigenvalue weighted by molar-refractivity contribution is 9.10. The van der Waals surface area contributed by atoms with Crippen LogP contribution in [0, 0.1) is 0 Å². The van der Waals surface area contributed by atoms with Gasteiger partial charge in [0.05, 0.1) is 5.56 Å². The first-order valence-electron chi connectivity index (χ1n) is 6.55. The molecular weight excluding hydrogens is 354 g/mol. The van der Waals surface area contributed by atoms with Crippen molar-refractivity contribution in [2.75, 3.05) is 11.2 Å². The Balaban J connectivity index is 2.12. The van der Waals surface area contributed by atoms with E-state index in [4.69, 9.17) is 11.6 Å². The summed E-state index contributed by atoms with van der Waals surface area (Å²) in [6, 6.07) is 12.4. The van der Waals surface area contributed by atoms with Crippen LogP contribution in [-0.4, -0.2) is 16.9 Å². The van der Waals surface area contributed by atoms with Gasteiger partial charge in [-0.05, 0) is 48.7 Å². The van der Waals surface area contributed by atoms with Crippen molar-refractivity contribution in [3.8, 4) is 5.75 Å². The third kappa shape index (κ3) is 4.48. The second kappa shape index (κ2) is 7.48. The van der Waals surface area contributed by atoms with Gasteiger partial charge in [-0.2, -0.15) is 0 Å². The van der Waals surface area contributed by atoms with Gasteiger partial charge in [-0.1, -0.05) is 28.1 Å². The molecule has 0 aromatic heterocycles. The normalized spacial score (nSPS) is 10.4. The number of aryl methyl sites for hydroxylation is 1. The number of alkyl halides is 1. The Hall–Kier alpha value is -1.52. The third-order valence-corrected chi connectivity index (χ3v) is 3.75. The number of anilines is 1. The molecule has 0 aliphatic carbocycles. The zero-order valence-electron chi connectivity index (χ0n) is 11.3. The molecule has 0 bridgehead atoms. The minimum absolute atomic E-state index is 0.0554. The standard InChI is InChI=1S/C16H15BrClNO2/c17-12-6-7-14(15(20)10-12)16(21)19-13-5-1-3-11(9-13)4-2-8-18/h1,3,5-7,9-10,20H,2,4,8H2,(H,19,21). The van der Waals surface area contributed by atoms with Gasteiger partial charge in [-0.3, -0.25) is 4.79 Å². The summed E-state index contributed by atoms with van der Waals surface area (Å²) in [5, 5.41) is 12.6. The average molecular weight is 369 g/mol. The average Bonchev–Trinajstić information content (AvgIpc) is 2.45. The molecule has 21 heavy (non-hydrogen) atoms. The van der Waals surface area contributed by atoms with Crippen LogP contribution < -0.4 is 5.32 Å². The fourth-order valence-corrected chi connectivity index (χ4v) is 2.45. The molecular formula is C16H15BrClNO2. The Morgan fingerprint density at radius 3 is 2.76 bits per heavy atom. The van der Waals surface area contributed by atoms with E-state index in [-0.39, 0.29) is 17.2 Å². The Morgan fingerprint density at radius 1 is 1.24 bits per heavy atom. The molecule has 0 atom stereocenters. The smallest absolute Gasteiger partial charge is 0.259 e. The van der Waals surface area contributed by atoms with Crippen molar-refractivity contribution in [1.82, 2.24) is 0 Å². The molecule has 1 amide bonds. The number of phenols is 1. The number of nitrogens with one attached hydrogen (secondary N) is 1. The molecule has 0 radical (unpaired) electrons. The van der Waals surface area contributed by atoms with Crippen LogP contribution in [0.25, 0.3) is 0 Å². The largest absolute Gasteiger partial charge is 0.507 e. The van der Waals surface area contributed by atoms with Crippen LogP contribution in [0.2, 0.25) is 0 Å². The second-order valence-corrected chi connectivity index (χ2v) is 5.90. The fourth-order valence-electron chi connectivity index (χ4n) is 1.97. The number of amides is 1. The van der Waals surface area contributed by atoms with Gasteiger partial charge in [0.2, 0.25) is 0 Å². The Labute approximate surface area is 137 Å². The van der Waals surface area contributed by atoms with E-state index in [0.717, 1.165) is 22.9 Å². The lowest BCUT2D eigenvalue weighted by atomic mass is 10.1. The summed E-state index contributed by atoms with van der Waals surface area (Å²) in [5.41, 5.74) is 2.06. The van der Waals surface area contributed by atoms with Crippen LogP contribution in [0.15, 0.2) is 46.9 Å². The number of aromatic hydroxyl groups is 1. The van der Waals surface area contributed by atoms with Crippen molar-refractivity contribution < 1.29 is 9.90 Å². The number of hydrogen-bond donors (Lipinski definition) is 2. The Morgan fingerprint density at radius 2 is 2.05 bits per heavy atom. The van der Waals surface area contributed by atoms with Crippen LogP contribution in [-0.2, 0) is 6.42 Å². The van der Waals surface area contributed by atoms with Crippen molar-refractivity contribution in [1.29, 1.82) is 0 Å². The molecule has 0 unspecified atom stereocenters. The van der Waals surface area contributed by atoms with Crippen molar-refractivity contribution in [2.45, 2.75) is 12.8 Å². The first kappa shape index (κ1) is 15.9. The minimum Gasteiger partial charge on any atom is -0.507 e. The quantitative estimate of drug-likeness (QED) is 0.759. The number of carbonyl (C=O) groups excluding carboxylic acids is 1. The Bertz CT molecular complexity index is 646. The van der Waals surface area contributed by atoms with Crippen LogP contribution in [0.3, 0.4) is 0 Å². The van der Waals surface area contributed by atoms with E-state index < -0.39 is 0 Å². The summed E-state index contributed by atoms with van der Waals surface area (Å²) in [7, 11) is 0. The number of halogens is 2. The maximum absolute atomic E-state index is 12.2. The van der Waals surface area contributed by atoms with E-state index in [1.54, 1.807) is 12.1 Å². The molecule has 0 saturated heterocycles. The van der Waals surface area contributed by atoms with Gasteiger partial charge in [0, 0.05) is 16.0 Å². The molecule has 110 valence electrons. The van der Waals surface area contributed by atoms with Gasteiger partial charge in [-0.25, -0.2) is 0 Å². The van der Waals surface area contributed by atoms with Crippen molar-refractivity contribution in [3.63, 3.8) is 0 Å². The topological polar surface area (TPSA) is 49.3 Å². The van der Waals surface area contributed by atoms with Crippen LogP contribution in [0.1, 0.15) is 22.3 Å². The molecule has 3 nitrogen and oxygen atoms in total. The molecule has 0 aliphatic rings. The highest BCUT2D eigenvalue weighted by atomic mass is 79.9. The monoisotopic (exact) mass is 367 g/mol. The summed E-state index contributed by atoms with van der Waals surface area (Å²) < 4.78 is 0.722. The van der Waals surface area contributed by atoms with E-state index in [1.165, 1.54) is 6.07 Å². The van der Waals surface area contributed by atoms with Gasteiger partial charge in [0.25, 0.3) is 5.91 Å². The maximum atomic E-state index is 12.2. The second-order valence-electron chi connectivity index (χ2n) is 4.61. The van der Waals surface area contributed by atoms with Gasteiger partial charge in [0.15, 0.2) is 0 Å². The molecule has 5 heteroatoms. The molecule has 0 spiro atoms. The van der Waals surface area contributed by atoms with Crippen LogP contribution >= 0.6 is 27.5 Å². The minimum atomic E-state index is -0.338. The summed E-state index contributed by atoms with van der Waals surface area (Å²) >= 11 is 8.93. The predicted molar refractivity (Wildman–Crippen MR) is 89.2 cm³/mol. The highest BCUT2D eigenvalue weighted by Gasteiger charge is 2.11. The zero-order valence-corrected chi connectivity index (χ0v) is 13.6. The molecule has 2 N–H and O–H groups in total. The lowest BCUT2D eigenvalue weighted by Gasteiger charge is -2.08. The van der Waals surface area contributed by atoms with Crippen molar-refractivity contribution in [2.24, 2.45) is 0 Å². The zero-order chi connectivity index (χ0) is 15.2. The van der Waals surface area contributed by atoms with Gasteiger partial charge < -0.3 is 10.4 Å². The number of phenolic OH excluding ortho intramolecular Hbond substituents is 1. The first-order valence-corrected chi connectivity index (χ1v) is 7.87. The molecule has 2 aromatic rings. The number of carbonyl (C=O) groups is 1. The molecule has 0 saturated carbocycles. The van der Waals surface area contributed by atoms with Crippen LogP contribution in [0.4, 0.5) is 5.69 Å². The Kier molecular flexibility index (Phi) is 5.65. The SMILES string of the molecule is O=C(Nc1cccc(CCCCl)c1)c1ccc(Br)cc1O. The molecule has 2 aromatic carbocycles. The lowest BCUT2D eigenvalue weighted by Crippen LogP contribution is -2.12. The number of rotatable bonds is 5. The molecule has 0 aliphatic heterocycles. The fraction of sp³-hybridized carbons (Fsp3) is 0.188. The molecule has 0 heterocycles. The first-order chi connectivity index (χ1) is 10.1. The van der Waals surface area contributed by atoms with Crippen LogP contribution in [0.5, 0.6) is 5.75 Å². The van der Waals surface area contributed by atoms with Crippen molar-refractivity contribution in [3.05, 3.63) is 58.1 Å². The van der Waals surface area contributed by atoms with Gasteiger partial charge >= 0.3 is 0 Å². The number of hydrogen-bond acceptors (Lipinski definition) is 2. The summed E-state index contributed by atoms with van der Waals surface area (Å²) in [5.74, 6) is 0.221. The van der Waals surface area contributed by atoms with E-state index in [1.807, 2.05) is 24.3 Å². The van der Waals surface area contributed by atoms with E-state index in [9.17, 15) is 9.90 Å². The summed E-state index contributed by atoms with van der Waals surface area (Å²) in [4.78, 5) is 12.2. The van der Waals surface area contributed by atoms with Crippen molar-refractivity contribution >= 4 is 39.1 Å². The van der Waals surface area contributed by atoms with Gasteiger partial charge in [0.1, 0.15) is 5.75 Å². The lowest BCUT2D eigenvalue weighted by molar-refractivity contribution is 0.102. The van der Waals surface area contributed by atoms with E-state index in [0.29, 0.717) is 11.6 Å². The number of benzene rings is 2. The van der Waals surface area contributed by atoms with E-state index in [2.05, 4.69) is 21.2 Å².